The Morgan fingerprint density at radius 3 is 2.47 bits per heavy atom. The predicted octanol–water partition coefficient (Wildman–Crippen LogP) is 4.12. The fraction of sp³-hybridized carbons (Fsp3) is 0.467. The van der Waals surface area contributed by atoms with E-state index in [-0.39, 0.29) is 5.76 Å². The summed E-state index contributed by atoms with van der Waals surface area (Å²) in [6, 6.07) is 8.03. The second kappa shape index (κ2) is 7.00. The zero-order valence-corrected chi connectivity index (χ0v) is 10.8. The number of aliphatic hydroxyl groups excluding tert-OH is 1. The molecule has 0 aliphatic rings. The summed E-state index contributed by atoms with van der Waals surface area (Å²) in [5, 5.41) is 9.02. The maximum atomic E-state index is 9.02. The Morgan fingerprint density at radius 1 is 1.29 bits per heavy atom. The van der Waals surface area contributed by atoms with E-state index in [9.17, 15) is 0 Å². The summed E-state index contributed by atoms with van der Waals surface area (Å²) >= 11 is 0. The van der Waals surface area contributed by atoms with E-state index < -0.39 is 0 Å². The lowest BCUT2D eigenvalue weighted by molar-refractivity contribution is 0.289. The van der Waals surface area contributed by atoms with Crippen LogP contribution in [0.2, 0.25) is 0 Å². The topological polar surface area (TPSA) is 29.5 Å². The molecule has 1 rings (SSSR count). The minimum absolute atomic E-state index is 0.238. The highest BCUT2D eigenvalue weighted by molar-refractivity contribution is 5.27. The average molecular weight is 234 g/mol. The summed E-state index contributed by atoms with van der Waals surface area (Å²) in [5.74, 6) is 1.82. The van der Waals surface area contributed by atoms with Crippen LogP contribution in [0.15, 0.2) is 36.6 Å². The van der Waals surface area contributed by atoms with Crippen molar-refractivity contribution in [1.82, 2.24) is 0 Å². The number of hydrogen-bond acceptors (Lipinski definition) is 2. The van der Waals surface area contributed by atoms with Crippen LogP contribution in [0.5, 0.6) is 5.75 Å². The van der Waals surface area contributed by atoms with Crippen molar-refractivity contribution in [1.29, 1.82) is 0 Å². The van der Waals surface area contributed by atoms with E-state index in [1.165, 1.54) is 5.56 Å². The molecule has 0 saturated carbocycles. The predicted molar refractivity (Wildman–Crippen MR) is 71.5 cm³/mol. The lowest BCUT2D eigenvalue weighted by atomic mass is 10.1. The van der Waals surface area contributed by atoms with E-state index in [4.69, 9.17) is 9.84 Å². The number of aliphatic hydroxyl groups is 1. The monoisotopic (exact) mass is 234 g/mol. The minimum Gasteiger partial charge on any atom is -0.513 e. The molecule has 0 amide bonds. The van der Waals surface area contributed by atoms with Gasteiger partial charge in [-0.25, -0.2) is 0 Å². The molecule has 0 aliphatic carbocycles. The van der Waals surface area contributed by atoms with Gasteiger partial charge in [0.05, 0.1) is 12.4 Å². The van der Waals surface area contributed by atoms with Gasteiger partial charge in [-0.15, -0.1) is 0 Å². The van der Waals surface area contributed by atoms with Crippen LogP contribution in [0.3, 0.4) is 0 Å². The molecule has 2 nitrogen and oxygen atoms in total. The summed E-state index contributed by atoms with van der Waals surface area (Å²) in [6.45, 7) is 8.62. The molecular formula is C15H22O2. The largest absolute Gasteiger partial charge is 0.513 e. The van der Waals surface area contributed by atoms with Crippen LogP contribution in [0.4, 0.5) is 0 Å². The molecule has 0 radical (unpaired) electrons. The Bertz CT molecular complexity index is 338. The second-order valence-electron chi connectivity index (χ2n) is 4.74. The molecule has 1 aromatic rings. The molecule has 94 valence electrons. The van der Waals surface area contributed by atoms with Crippen LogP contribution in [0, 0.1) is 5.92 Å². The van der Waals surface area contributed by atoms with Crippen LogP contribution in [-0.2, 0) is 6.42 Å². The van der Waals surface area contributed by atoms with Crippen molar-refractivity contribution in [2.75, 3.05) is 6.61 Å². The highest BCUT2D eigenvalue weighted by Gasteiger charge is 1.98. The molecular weight excluding hydrogens is 212 g/mol. The first-order valence-electron chi connectivity index (χ1n) is 6.16. The van der Waals surface area contributed by atoms with Crippen molar-refractivity contribution in [3.63, 3.8) is 0 Å². The maximum Gasteiger partial charge on any atom is 0.119 e. The van der Waals surface area contributed by atoms with Crippen molar-refractivity contribution in [2.45, 2.75) is 33.1 Å². The van der Waals surface area contributed by atoms with E-state index in [0.717, 1.165) is 25.2 Å². The van der Waals surface area contributed by atoms with Gasteiger partial charge in [-0.3, -0.25) is 0 Å². The maximum absolute atomic E-state index is 9.02. The Balaban J connectivity index is 2.36. The molecule has 0 atom stereocenters. The fourth-order valence-electron chi connectivity index (χ4n) is 1.45. The summed E-state index contributed by atoms with van der Waals surface area (Å²) in [6.07, 6.45) is 2.52. The highest BCUT2D eigenvalue weighted by Crippen LogP contribution is 2.15. The molecule has 1 N–H and O–H groups in total. The number of aryl methyl sites for hydroxylation is 1. The number of ether oxygens (including phenoxy) is 1. The summed E-state index contributed by atoms with van der Waals surface area (Å²) < 4.78 is 5.63. The highest BCUT2D eigenvalue weighted by atomic mass is 16.5. The van der Waals surface area contributed by atoms with Crippen LogP contribution in [0.1, 0.15) is 32.3 Å². The molecule has 0 heterocycles. The van der Waals surface area contributed by atoms with Gasteiger partial charge in [0.1, 0.15) is 5.75 Å². The third kappa shape index (κ3) is 6.00. The van der Waals surface area contributed by atoms with E-state index in [1.54, 1.807) is 0 Å². The summed E-state index contributed by atoms with van der Waals surface area (Å²) in [4.78, 5) is 0. The molecule has 0 saturated heterocycles. The Labute approximate surface area is 104 Å². The van der Waals surface area contributed by atoms with Crippen molar-refractivity contribution in [2.24, 2.45) is 5.92 Å². The SMILES string of the molecule is C=C(O)CCc1ccc(OCCC(C)C)cc1. The smallest absolute Gasteiger partial charge is 0.119 e. The van der Waals surface area contributed by atoms with Gasteiger partial charge in [-0.05, 0) is 36.5 Å². The molecule has 0 unspecified atom stereocenters. The van der Waals surface area contributed by atoms with Crippen LogP contribution in [-0.4, -0.2) is 11.7 Å². The first-order chi connectivity index (χ1) is 8.08. The van der Waals surface area contributed by atoms with Gasteiger partial charge in [-0.1, -0.05) is 32.6 Å². The minimum atomic E-state index is 0.238. The number of benzene rings is 1. The molecule has 0 bridgehead atoms. The van der Waals surface area contributed by atoms with Crippen LogP contribution in [0.25, 0.3) is 0 Å². The van der Waals surface area contributed by atoms with Gasteiger partial charge < -0.3 is 9.84 Å². The van der Waals surface area contributed by atoms with E-state index in [0.29, 0.717) is 12.3 Å². The normalized spacial score (nSPS) is 10.5. The third-order valence-electron chi connectivity index (χ3n) is 2.59. The van der Waals surface area contributed by atoms with Crippen LogP contribution < -0.4 is 4.74 Å². The van der Waals surface area contributed by atoms with Crippen molar-refractivity contribution in [3.05, 3.63) is 42.2 Å². The van der Waals surface area contributed by atoms with Gasteiger partial charge in [0.15, 0.2) is 0 Å². The van der Waals surface area contributed by atoms with Gasteiger partial charge >= 0.3 is 0 Å². The van der Waals surface area contributed by atoms with Gasteiger partial charge in [0, 0.05) is 6.42 Å². The molecule has 0 spiro atoms. The van der Waals surface area contributed by atoms with E-state index in [2.05, 4.69) is 20.4 Å². The van der Waals surface area contributed by atoms with E-state index in [1.807, 2.05) is 24.3 Å². The van der Waals surface area contributed by atoms with Crippen molar-refractivity contribution < 1.29 is 9.84 Å². The van der Waals surface area contributed by atoms with Gasteiger partial charge in [-0.2, -0.15) is 0 Å². The Morgan fingerprint density at radius 2 is 1.94 bits per heavy atom. The summed E-state index contributed by atoms with van der Waals surface area (Å²) in [5.41, 5.74) is 1.19. The molecule has 17 heavy (non-hydrogen) atoms. The lowest BCUT2D eigenvalue weighted by Gasteiger charge is -2.08. The number of hydrogen-bond donors (Lipinski definition) is 1. The van der Waals surface area contributed by atoms with Gasteiger partial charge in [0.25, 0.3) is 0 Å². The third-order valence-corrected chi connectivity index (χ3v) is 2.59. The Kier molecular flexibility index (Phi) is 5.61. The van der Waals surface area contributed by atoms with Crippen molar-refractivity contribution in [3.8, 4) is 5.75 Å². The lowest BCUT2D eigenvalue weighted by Crippen LogP contribution is -2.01. The first kappa shape index (κ1) is 13.6. The molecule has 0 aliphatic heterocycles. The zero-order chi connectivity index (χ0) is 12.7. The standard InChI is InChI=1S/C15H22O2/c1-12(2)10-11-17-15-8-6-14(7-9-15)5-4-13(3)16/h6-9,12,16H,3-5,10-11H2,1-2H3. The van der Waals surface area contributed by atoms with Crippen LogP contribution >= 0.6 is 0 Å². The number of rotatable bonds is 7. The molecule has 2 heteroatoms. The Hall–Kier alpha value is -1.44. The molecule has 1 aromatic carbocycles. The molecule has 0 aromatic heterocycles. The van der Waals surface area contributed by atoms with E-state index >= 15 is 0 Å². The zero-order valence-electron chi connectivity index (χ0n) is 10.8. The fourth-order valence-corrected chi connectivity index (χ4v) is 1.45. The summed E-state index contributed by atoms with van der Waals surface area (Å²) in [7, 11) is 0. The second-order valence-corrected chi connectivity index (χ2v) is 4.74. The molecule has 0 fully saturated rings. The number of allylic oxidation sites excluding steroid dienone is 1. The van der Waals surface area contributed by atoms with Crippen molar-refractivity contribution >= 4 is 0 Å². The quantitative estimate of drug-likeness (QED) is 0.719. The van der Waals surface area contributed by atoms with Gasteiger partial charge in [0.2, 0.25) is 0 Å². The first-order valence-corrected chi connectivity index (χ1v) is 6.16. The average Bonchev–Trinajstić information content (AvgIpc) is 2.27.